The Morgan fingerprint density at radius 2 is 0.483 bits per heavy atom. The number of halogens is 34. The van der Waals surface area contributed by atoms with E-state index in [1.165, 1.54) is 0 Å². The molecule has 6 atom stereocenters. The third-order valence-electron chi connectivity index (χ3n) is 10.4. The number of hydrogen-bond acceptors (Lipinski definition) is 3. The minimum atomic E-state index is -9.75. The van der Waals surface area contributed by atoms with Gasteiger partial charge >= 0.3 is 91.3 Å². The van der Waals surface area contributed by atoms with Crippen molar-refractivity contribution in [3.05, 3.63) is 0 Å². The van der Waals surface area contributed by atoms with Crippen LogP contribution in [0.3, 0.4) is 0 Å². The average Bonchev–Trinajstić information content (AvgIpc) is 2.92. The molecule has 0 heterocycles. The van der Waals surface area contributed by atoms with Crippen LogP contribution in [-0.2, 0) is 9.31 Å². The molecule has 0 saturated heterocycles. The minimum Gasteiger partial charge on any atom is -0.402 e. The molecule has 6 aliphatic rings. The first-order chi connectivity index (χ1) is 24.6. The number of hydrogen-bond donors (Lipinski definition) is 1. The van der Waals surface area contributed by atoms with E-state index in [9.17, 15) is 119 Å². The maximum Gasteiger partial charge on any atom is 0.638 e. The second-order valence-corrected chi connectivity index (χ2v) is 12.5. The number of alkyl halides is 34. The van der Waals surface area contributed by atoms with Gasteiger partial charge in [-0.3, -0.25) is 0 Å². The third kappa shape index (κ3) is 3.50. The van der Waals surface area contributed by atoms with E-state index in [4.69, 9.17) is 0 Å². The topological polar surface area (TPSA) is 38.7 Å². The summed E-state index contributed by atoms with van der Waals surface area (Å²) in [5, 5.41) is 9.53. The van der Waals surface area contributed by atoms with Gasteiger partial charge in [0, 0.05) is 0 Å². The van der Waals surface area contributed by atoms with Gasteiger partial charge in [-0.05, 0) is 0 Å². The molecular formula is C20HBF34O3. The van der Waals surface area contributed by atoms with Crippen molar-refractivity contribution in [2.45, 2.75) is 106 Å². The maximum atomic E-state index is 15.7. The predicted molar refractivity (Wildman–Crippen MR) is 102 cm³/mol. The highest BCUT2D eigenvalue weighted by Crippen LogP contribution is 2.94. The molecule has 0 amide bonds. The first-order valence-electron chi connectivity index (χ1n) is 13.1. The Morgan fingerprint density at radius 1 is 0.293 bits per heavy atom. The van der Waals surface area contributed by atoms with E-state index >= 15 is 35.1 Å². The van der Waals surface area contributed by atoms with Crippen LogP contribution in [0.25, 0.3) is 0 Å². The highest BCUT2D eigenvalue weighted by atomic mass is 19.4. The molecule has 6 aliphatic carbocycles. The van der Waals surface area contributed by atoms with E-state index in [0.29, 0.717) is 0 Å². The van der Waals surface area contributed by atoms with Gasteiger partial charge in [-0.25, -0.2) is 17.6 Å². The van der Waals surface area contributed by atoms with E-state index in [-0.39, 0.29) is 0 Å². The zero-order chi connectivity index (χ0) is 47.0. The largest absolute Gasteiger partial charge is 0.638 e. The molecule has 6 rings (SSSR count). The zero-order valence-corrected chi connectivity index (χ0v) is 24.7. The summed E-state index contributed by atoms with van der Waals surface area (Å²) >= 11 is 0. The van der Waals surface area contributed by atoms with Gasteiger partial charge < -0.3 is 14.3 Å². The summed E-state index contributed by atoms with van der Waals surface area (Å²) in [7, 11) is -7.42. The minimum absolute atomic E-state index is 1.77. The van der Waals surface area contributed by atoms with Gasteiger partial charge in [0.1, 0.15) is 0 Å². The van der Waals surface area contributed by atoms with E-state index < -0.39 is 125 Å². The van der Waals surface area contributed by atoms with Crippen LogP contribution < -0.4 is 0 Å². The molecule has 38 heteroatoms. The first kappa shape index (κ1) is 48.2. The zero-order valence-electron chi connectivity index (χ0n) is 24.7. The van der Waals surface area contributed by atoms with Crippen LogP contribution in [0, 0.1) is 10.8 Å². The van der Waals surface area contributed by atoms with Crippen molar-refractivity contribution >= 4 is 7.32 Å². The molecule has 0 radical (unpaired) electrons. The molecule has 3 nitrogen and oxygen atoms in total. The molecule has 4 bridgehead atoms. The second kappa shape index (κ2) is 10.4. The second-order valence-electron chi connectivity index (χ2n) is 12.5. The van der Waals surface area contributed by atoms with Crippen LogP contribution in [0.1, 0.15) is 0 Å². The van der Waals surface area contributed by atoms with Gasteiger partial charge in [0.2, 0.25) is 22.0 Å². The van der Waals surface area contributed by atoms with Crippen molar-refractivity contribution in [2.24, 2.45) is 10.8 Å². The van der Waals surface area contributed by atoms with Crippen LogP contribution in [0.4, 0.5) is 149 Å². The lowest BCUT2D eigenvalue weighted by atomic mass is 9.32. The van der Waals surface area contributed by atoms with Gasteiger partial charge in [0.05, 0.1) is 0 Å². The molecule has 0 aromatic carbocycles. The van der Waals surface area contributed by atoms with Crippen LogP contribution in [0.2, 0.25) is 0 Å². The van der Waals surface area contributed by atoms with Crippen molar-refractivity contribution < 1.29 is 164 Å². The molecule has 6 unspecified atom stereocenters. The molecular weight excluding hydrogens is 945 g/mol. The number of rotatable bonds is 4. The van der Waals surface area contributed by atoms with E-state index in [0.717, 1.165) is 0 Å². The Morgan fingerprint density at radius 3 is 0.638 bits per heavy atom. The van der Waals surface area contributed by atoms with Crippen LogP contribution >= 0.6 is 0 Å². The van der Waals surface area contributed by atoms with Gasteiger partial charge in [-0.2, -0.15) is 132 Å². The van der Waals surface area contributed by atoms with Gasteiger partial charge in [0.25, 0.3) is 11.3 Å². The van der Waals surface area contributed by atoms with Crippen molar-refractivity contribution in [3.8, 4) is 0 Å². The third-order valence-corrected chi connectivity index (χ3v) is 10.4. The molecule has 0 aliphatic heterocycles. The Labute approximate surface area is 289 Å². The molecule has 1 N–H and O–H groups in total. The fourth-order valence-corrected chi connectivity index (χ4v) is 8.38. The van der Waals surface area contributed by atoms with Crippen LogP contribution in [0.15, 0.2) is 0 Å². The monoisotopic (exact) mass is 946 g/mol. The van der Waals surface area contributed by atoms with E-state index in [1.54, 1.807) is 9.31 Å². The van der Waals surface area contributed by atoms with Crippen LogP contribution in [-0.4, -0.2) is 119 Å². The Kier molecular flexibility index (Phi) is 8.67. The summed E-state index contributed by atoms with van der Waals surface area (Å²) in [5.41, 5.74) is -75.6. The molecule has 6 fully saturated rings. The summed E-state index contributed by atoms with van der Waals surface area (Å²) in [6.07, 6.45) is -55.8. The molecule has 6 saturated carbocycles. The smallest absolute Gasteiger partial charge is 0.402 e. The molecule has 0 spiro atoms. The van der Waals surface area contributed by atoms with E-state index in [1.807, 2.05) is 0 Å². The SMILES string of the molecule is OB(OC12C(F)(F)C(F)(C(F)(F)C(F)(F)C1(F)C(F)(F)F)C2(C(F)(F)F)C(F)(F)F)OC12C(F)(F)C(F)(C(F)(F)C(F)(F)C1(F)C(F)(F)F)C2(C(F)(F)F)C(F)(F)F. The molecule has 340 valence electrons. The lowest BCUT2D eigenvalue weighted by Crippen LogP contribution is -3.10. The molecule has 58 heavy (non-hydrogen) atoms. The van der Waals surface area contributed by atoms with Crippen LogP contribution in [0.5, 0.6) is 0 Å². The lowest BCUT2D eigenvalue weighted by Gasteiger charge is -2.78. The number of fused-ring (bicyclic) bond motifs is 4. The molecule has 0 aromatic heterocycles. The Balaban J connectivity index is 2.34. The fraction of sp³-hybridized carbons (Fsp3) is 1.00. The average molecular weight is 946 g/mol. The summed E-state index contributed by atoms with van der Waals surface area (Å²) in [6, 6.07) is 0. The first-order valence-corrected chi connectivity index (χ1v) is 13.1. The van der Waals surface area contributed by atoms with Crippen molar-refractivity contribution in [1.29, 1.82) is 0 Å². The van der Waals surface area contributed by atoms with Crippen molar-refractivity contribution in [3.63, 3.8) is 0 Å². The summed E-state index contributed by atoms with van der Waals surface area (Å²) in [6.45, 7) is 0. The standard InChI is InChI=1S/C20HBF34O3/c22-3-1(15(38,39)40,16(41,42)43)7(9(3,26)27,5(24,19(50,51)52)13(34,35)11(3,30)31)57-21(56)58-8-2(17(44,45)46,18(47,48)49)4(23,10(8,28)29)12(32,33)14(36,37)6(8,25)20(53,54)55/h56H. The quantitative estimate of drug-likeness (QED) is 0.226. The Bertz CT molecular complexity index is 1580. The Hall–Kier alpha value is -2.44. The molecule has 0 aromatic rings. The highest BCUT2D eigenvalue weighted by Gasteiger charge is 3.26. The fourth-order valence-electron chi connectivity index (χ4n) is 8.38. The summed E-state index contributed by atoms with van der Waals surface area (Å²) in [5.74, 6) is -55.2. The van der Waals surface area contributed by atoms with Crippen molar-refractivity contribution in [1.82, 2.24) is 0 Å². The van der Waals surface area contributed by atoms with Crippen molar-refractivity contribution in [2.75, 3.05) is 0 Å². The summed E-state index contributed by atoms with van der Waals surface area (Å²) < 4.78 is 496. The maximum absolute atomic E-state index is 15.7. The van der Waals surface area contributed by atoms with E-state index in [2.05, 4.69) is 0 Å². The van der Waals surface area contributed by atoms with Gasteiger partial charge in [-0.1, -0.05) is 0 Å². The van der Waals surface area contributed by atoms with Gasteiger partial charge in [0.15, 0.2) is 0 Å². The lowest BCUT2D eigenvalue weighted by molar-refractivity contribution is -0.640. The summed E-state index contributed by atoms with van der Waals surface area (Å²) in [4.78, 5) is 0. The highest BCUT2D eigenvalue weighted by molar-refractivity contribution is 6.35. The predicted octanol–water partition coefficient (Wildman–Crippen LogP) is 9.52. The van der Waals surface area contributed by atoms with Gasteiger partial charge in [-0.15, -0.1) is 0 Å². The normalized spacial score (nSPS) is 40.6.